The average Bonchev–Trinajstić information content (AvgIpc) is 3.09. The Morgan fingerprint density at radius 2 is 2.00 bits per heavy atom. The summed E-state index contributed by atoms with van der Waals surface area (Å²) in [5, 5.41) is 2.93. The van der Waals surface area contributed by atoms with Crippen LogP contribution in [0.15, 0.2) is 12.1 Å². The first-order valence-electron chi connectivity index (χ1n) is 6.67. The summed E-state index contributed by atoms with van der Waals surface area (Å²) in [5.74, 6) is 0.201. The maximum Gasteiger partial charge on any atom is 0.416 e. The predicted octanol–water partition coefficient (Wildman–Crippen LogP) is 3.40. The molecule has 1 saturated carbocycles. The Kier molecular flexibility index (Phi) is 3.54. The van der Waals surface area contributed by atoms with E-state index in [1.807, 2.05) is 0 Å². The minimum atomic E-state index is -4.40. The van der Waals surface area contributed by atoms with Gasteiger partial charge in [-0.1, -0.05) is 11.6 Å². The maximum absolute atomic E-state index is 12.7. The van der Waals surface area contributed by atoms with E-state index in [-0.39, 0.29) is 17.0 Å². The van der Waals surface area contributed by atoms with Gasteiger partial charge in [0.25, 0.3) is 0 Å². The van der Waals surface area contributed by atoms with E-state index in [0.29, 0.717) is 6.04 Å². The third-order valence-electron chi connectivity index (χ3n) is 3.76. The van der Waals surface area contributed by atoms with E-state index in [4.69, 9.17) is 11.6 Å². The summed E-state index contributed by atoms with van der Waals surface area (Å²) in [4.78, 5) is 6.31. The Hall–Kier alpha value is -1.01. The second-order valence-electron chi connectivity index (χ2n) is 5.42. The molecule has 1 N–H and O–H groups in total. The highest BCUT2D eigenvalue weighted by Crippen LogP contribution is 2.33. The van der Waals surface area contributed by atoms with Gasteiger partial charge in [-0.2, -0.15) is 13.2 Å². The quantitative estimate of drug-likeness (QED) is 0.868. The first kappa shape index (κ1) is 13.9. The summed E-state index contributed by atoms with van der Waals surface area (Å²) in [7, 11) is 0. The Bertz CT molecular complexity index is 502. The molecule has 3 rings (SSSR count). The van der Waals surface area contributed by atoms with Gasteiger partial charge in [0.1, 0.15) is 11.0 Å². The first-order valence-corrected chi connectivity index (χ1v) is 7.05. The van der Waals surface area contributed by atoms with Crippen molar-refractivity contribution in [2.24, 2.45) is 0 Å². The first-order chi connectivity index (χ1) is 9.41. The average molecular weight is 306 g/mol. The molecule has 1 atom stereocenters. The Labute approximate surface area is 120 Å². The van der Waals surface area contributed by atoms with E-state index in [9.17, 15) is 13.2 Å². The normalized spacial score (nSPS) is 24.1. The molecule has 2 fully saturated rings. The summed E-state index contributed by atoms with van der Waals surface area (Å²) >= 11 is 5.67. The van der Waals surface area contributed by atoms with Crippen molar-refractivity contribution in [1.29, 1.82) is 0 Å². The third kappa shape index (κ3) is 3.17. The molecule has 0 amide bonds. The number of halogens is 4. The zero-order valence-electron chi connectivity index (χ0n) is 10.8. The number of anilines is 1. The third-order valence-corrected chi connectivity index (χ3v) is 3.95. The molecule has 0 spiro atoms. The molecular weight excluding hydrogens is 291 g/mol. The Morgan fingerprint density at radius 1 is 1.25 bits per heavy atom. The van der Waals surface area contributed by atoms with Crippen molar-refractivity contribution in [3.05, 3.63) is 22.8 Å². The fraction of sp³-hybridized carbons (Fsp3) is 0.615. The van der Waals surface area contributed by atoms with Gasteiger partial charge >= 0.3 is 6.18 Å². The highest BCUT2D eigenvalue weighted by Gasteiger charge is 2.35. The molecule has 0 aromatic carbocycles. The van der Waals surface area contributed by atoms with Crippen molar-refractivity contribution < 1.29 is 13.2 Å². The van der Waals surface area contributed by atoms with Crippen LogP contribution in [0, 0.1) is 0 Å². The lowest BCUT2D eigenvalue weighted by atomic mass is 10.2. The van der Waals surface area contributed by atoms with Crippen molar-refractivity contribution in [3.63, 3.8) is 0 Å². The van der Waals surface area contributed by atoms with Gasteiger partial charge in [-0.25, -0.2) is 4.98 Å². The molecule has 1 unspecified atom stereocenters. The monoisotopic (exact) mass is 305 g/mol. The molecule has 110 valence electrons. The van der Waals surface area contributed by atoms with E-state index < -0.39 is 11.7 Å². The van der Waals surface area contributed by atoms with E-state index in [1.165, 1.54) is 12.8 Å². The van der Waals surface area contributed by atoms with Crippen LogP contribution < -0.4 is 5.32 Å². The smallest absolute Gasteiger partial charge is 0.366 e. The van der Waals surface area contributed by atoms with Crippen LogP contribution in [0.2, 0.25) is 5.15 Å². The van der Waals surface area contributed by atoms with E-state index in [1.54, 1.807) is 0 Å². The van der Waals surface area contributed by atoms with Crippen LogP contribution >= 0.6 is 11.6 Å². The molecule has 2 aliphatic rings. The van der Waals surface area contributed by atoms with Gasteiger partial charge in [0.15, 0.2) is 0 Å². The zero-order valence-corrected chi connectivity index (χ0v) is 11.5. The van der Waals surface area contributed by atoms with Gasteiger partial charge in [0, 0.05) is 25.2 Å². The van der Waals surface area contributed by atoms with Gasteiger partial charge in [0.05, 0.1) is 5.56 Å². The fourth-order valence-corrected chi connectivity index (χ4v) is 2.83. The van der Waals surface area contributed by atoms with E-state index in [0.717, 1.165) is 31.6 Å². The topological polar surface area (TPSA) is 28.2 Å². The van der Waals surface area contributed by atoms with Crippen LogP contribution in [0.1, 0.15) is 24.8 Å². The molecule has 0 bridgehead atoms. The van der Waals surface area contributed by atoms with Gasteiger partial charge in [-0.15, -0.1) is 0 Å². The molecule has 1 saturated heterocycles. The highest BCUT2D eigenvalue weighted by molar-refractivity contribution is 6.29. The Morgan fingerprint density at radius 3 is 2.65 bits per heavy atom. The molecule has 20 heavy (non-hydrogen) atoms. The number of rotatable bonds is 3. The van der Waals surface area contributed by atoms with Crippen LogP contribution in [-0.4, -0.2) is 35.1 Å². The molecule has 1 aliphatic heterocycles. The van der Waals surface area contributed by atoms with Crippen molar-refractivity contribution >= 4 is 17.4 Å². The van der Waals surface area contributed by atoms with Gasteiger partial charge in [-0.3, -0.25) is 4.90 Å². The standard InChI is InChI=1S/C13H15ClF3N3/c14-11-5-8(13(15,16)17)6-12(19-11)18-9-3-4-20(7-9)10-1-2-10/h5-6,9-10H,1-4,7H2,(H,18,19). The molecular formula is C13H15ClF3N3. The molecule has 7 heteroatoms. The number of nitrogens with zero attached hydrogens (tertiary/aromatic N) is 2. The summed E-state index contributed by atoms with van der Waals surface area (Å²) in [6, 6.07) is 2.69. The number of aromatic nitrogens is 1. The molecule has 1 aliphatic carbocycles. The van der Waals surface area contributed by atoms with Crippen molar-refractivity contribution in [2.45, 2.75) is 37.5 Å². The lowest BCUT2D eigenvalue weighted by Crippen LogP contribution is -2.28. The molecule has 0 radical (unpaired) electrons. The minimum Gasteiger partial charge on any atom is -0.366 e. The number of pyridine rings is 1. The second-order valence-corrected chi connectivity index (χ2v) is 5.80. The van der Waals surface area contributed by atoms with Gasteiger partial charge in [0.2, 0.25) is 0 Å². The van der Waals surface area contributed by atoms with Gasteiger partial charge < -0.3 is 5.32 Å². The van der Waals surface area contributed by atoms with Crippen molar-refractivity contribution in [2.75, 3.05) is 18.4 Å². The predicted molar refractivity (Wildman–Crippen MR) is 70.9 cm³/mol. The lowest BCUT2D eigenvalue weighted by Gasteiger charge is -2.17. The zero-order chi connectivity index (χ0) is 14.3. The second kappa shape index (κ2) is 5.07. The molecule has 3 nitrogen and oxygen atoms in total. The maximum atomic E-state index is 12.7. The van der Waals surface area contributed by atoms with E-state index >= 15 is 0 Å². The fourth-order valence-electron chi connectivity index (χ4n) is 2.62. The number of hydrogen-bond acceptors (Lipinski definition) is 3. The number of nitrogens with one attached hydrogen (secondary N) is 1. The summed E-state index contributed by atoms with van der Waals surface area (Å²) in [6.07, 6.45) is -1.01. The molecule has 1 aromatic rings. The van der Waals surface area contributed by atoms with Crippen LogP contribution in [0.4, 0.5) is 19.0 Å². The van der Waals surface area contributed by atoms with Gasteiger partial charge in [-0.05, 0) is 31.4 Å². The van der Waals surface area contributed by atoms with Crippen LogP contribution in [0.3, 0.4) is 0 Å². The molecule has 1 aromatic heterocycles. The largest absolute Gasteiger partial charge is 0.416 e. The SMILES string of the molecule is FC(F)(F)c1cc(Cl)nc(NC2CCN(C3CC3)C2)c1. The summed E-state index contributed by atoms with van der Waals surface area (Å²) < 4.78 is 38.1. The van der Waals surface area contributed by atoms with E-state index in [2.05, 4.69) is 15.2 Å². The van der Waals surface area contributed by atoms with Crippen molar-refractivity contribution in [3.8, 4) is 0 Å². The Balaban J connectivity index is 1.69. The number of likely N-dealkylation sites (tertiary alicyclic amines) is 1. The van der Waals surface area contributed by atoms with Crippen molar-refractivity contribution in [1.82, 2.24) is 9.88 Å². The molecule has 2 heterocycles. The minimum absolute atomic E-state index is 0.139. The van der Waals surface area contributed by atoms with Crippen LogP contribution in [0.5, 0.6) is 0 Å². The van der Waals surface area contributed by atoms with Crippen LogP contribution in [-0.2, 0) is 6.18 Å². The number of hydrogen-bond donors (Lipinski definition) is 1. The van der Waals surface area contributed by atoms with Crippen LogP contribution in [0.25, 0.3) is 0 Å². The number of alkyl halides is 3. The highest BCUT2D eigenvalue weighted by atomic mass is 35.5. The lowest BCUT2D eigenvalue weighted by molar-refractivity contribution is -0.137. The summed E-state index contributed by atoms with van der Waals surface area (Å²) in [5.41, 5.74) is -0.767. The summed E-state index contributed by atoms with van der Waals surface area (Å²) in [6.45, 7) is 1.86.